The molecule has 0 N–H and O–H groups in total. The van der Waals surface area contributed by atoms with Crippen molar-refractivity contribution in [3.63, 3.8) is 0 Å². The molecule has 1 spiro atoms. The molecule has 0 bridgehead atoms. The molecule has 2 aliphatic heterocycles. The summed E-state index contributed by atoms with van der Waals surface area (Å²) < 4.78 is 47.8. The van der Waals surface area contributed by atoms with E-state index in [1.165, 1.54) is 17.5 Å². The fourth-order valence-electron chi connectivity index (χ4n) is 9.08. The molecule has 61 heavy (non-hydrogen) atoms. The highest BCUT2D eigenvalue weighted by molar-refractivity contribution is 5.48. The normalized spacial score (nSPS) is 21.6. The molecule has 5 unspecified atom stereocenters. The van der Waals surface area contributed by atoms with E-state index in [0.717, 1.165) is 70.6 Å². The minimum atomic E-state index is -0.573. The third-order valence-corrected chi connectivity index (χ3v) is 12.5. The summed E-state index contributed by atoms with van der Waals surface area (Å²) in [5.41, 5.74) is 8.81. The molecule has 5 atom stereocenters. The number of aryl methyl sites for hydroxylation is 1. The minimum absolute atomic E-state index is 0.0422. The molecular formula is C54H56O7. The number of rotatable bonds is 17. The first-order valence-electron chi connectivity index (χ1n) is 21.8. The Balaban J connectivity index is 1.10. The average molecular weight is 817 g/mol. The van der Waals surface area contributed by atoms with Crippen molar-refractivity contribution in [2.75, 3.05) is 13.7 Å². The Labute approximate surface area is 360 Å². The van der Waals surface area contributed by atoms with Gasteiger partial charge in [0.1, 0.15) is 47.6 Å². The number of fused-ring (bicyclic) bond motifs is 1. The summed E-state index contributed by atoms with van der Waals surface area (Å²) in [6.07, 6.45) is 3.58. The van der Waals surface area contributed by atoms with Crippen LogP contribution in [0.4, 0.5) is 0 Å². The lowest BCUT2D eigenvalue weighted by molar-refractivity contribution is -0.275. The molecular weight excluding hydrogens is 761 g/mol. The number of ether oxygens (including phenoxy) is 7. The Morgan fingerprint density at radius 2 is 1.13 bits per heavy atom. The van der Waals surface area contributed by atoms with Crippen molar-refractivity contribution < 1.29 is 33.2 Å². The molecule has 7 heteroatoms. The van der Waals surface area contributed by atoms with Crippen molar-refractivity contribution in [2.45, 2.75) is 101 Å². The number of methoxy groups -OCH3 is 1. The zero-order chi connectivity index (χ0) is 41.3. The zero-order valence-corrected chi connectivity index (χ0v) is 35.0. The lowest BCUT2D eigenvalue weighted by atomic mass is 9.74. The summed E-state index contributed by atoms with van der Waals surface area (Å²) in [7, 11) is 1.74. The molecule has 7 nitrogen and oxygen atoms in total. The van der Waals surface area contributed by atoms with Crippen LogP contribution in [0.25, 0.3) is 0 Å². The Kier molecular flexibility index (Phi) is 13.2. The third-order valence-electron chi connectivity index (χ3n) is 12.5. The summed E-state index contributed by atoms with van der Waals surface area (Å²) in [5.74, 6) is 1.82. The molecule has 3 aliphatic rings. The van der Waals surface area contributed by atoms with E-state index in [4.69, 9.17) is 33.2 Å². The topological polar surface area (TPSA) is 64.6 Å². The molecule has 2 fully saturated rings. The number of hydrogen-bond acceptors (Lipinski definition) is 7. The van der Waals surface area contributed by atoms with Gasteiger partial charge >= 0.3 is 0 Å². The molecule has 314 valence electrons. The predicted molar refractivity (Wildman–Crippen MR) is 237 cm³/mol. The fourth-order valence-corrected chi connectivity index (χ4v) is 9.08. The summed E-state index contributed by atoms with van der Waals surface area (Å²) in [6, 6.07) is 54.0. The lowest BCUT2D eigenvalue weighted by Crippen LogP contribution is -2.58. The third kappa shape index (κ3) is 9.94. The Hall–Kier alpha value is -5.28. The largest absolute Gasteiger partial charge is 0.496 e. The van der Waals surface area contributed by atoms with E-state index in [0.29, 0.717) is 32.8 Å². The molecule has 0 amide bonds. The van der Waals surface area contributed by atoms with Gasteiger partial charge in [-0.25, -0.2) is 0 Å². The van der Waals surface area contributed by atoms with Crippen LogP contribution < -0.4 is 9.47 Å². The van der Waals surface area contributed by atoms with Gasteiger partial charge in [0.2, 0.25) is 0 Å². The molecule has 0 radical (unpaired) electrons. The van der Waals surface area contributed by atoms with Crippen molar-refractivity contribution in [3.8, 4) is 11.5 Å². The van der Waals surface area contributed by atoms with E-state index in [1.807, 2.05) is 84.9 Å². The van der Waals surface area contributed by atoms with Gasteiger partial charge in [-0.15, -0.1) is 0 Å². The van der Waals surface area contributed by atoms with E-state index in [1.54, 1.807) is 7.11 Å². The first-order chi connectivity index (χ1) is 30.1. The summed E-state index contributed by atoms with van der Waals surface area (Å²) in [4.78, 5) is 0. The smallest absolute Gasteiger partial charge is 0.123 e. The quantitative estimate of drug-likeness (QED) is 0.0908. The second-order valence-corrected chi connectivity index (χ2v) is 16.7. The summed E-state index contributed by atoms with van der Waals surface area (Å²) in [5, 5.41) is 0. The molecule has 1 saturated heterocycles. The predicted octanol–water partition coefficient (Wildman–Crippen LogP) is 10.9. The van der Waals surface area contributed by atoms with Gasteiger partial charge in [0.05, 0.1) is 40.1 Å². The minimum Gasteiger partial charge on any atom is -0.496 e. The maximum atomic E-state index is 7.37. The van der Waals surface area contributed by atoms with Crippen LogP contribution >= 0.6 is 0 Å². The van der Waals surface area contributed by atoms with Crippen LogP contribution in [-0.4, -0.2) is 43.7 Å². The van der Waals surface area contributed by atoms with Gasteiger partial charge in [-0.05, 0) is 83.2 Å². The Morgan fingerprint density at radius 1 is 0.557 bits per heavy atom. The standard InChI is InChI=1S/C54H56O7/c1-55-48-25-14-24-45(46(48)33-43-26-27-47-44(32-43)28-31-54(61-47)29-15-30-54)50-52(58-36-41-20-10-4-11-21-41)53(59-37-42-22-12-5-13-23-42)51(57-35-40-18-8-3-9-19-40)49(60-50)38-56-34-39-16-6-2-7-17-39/h2-14,16-27,32,49-53H,15,28-31,33-38H2,1H3. The van der Waals surface area contributed by atoms with Crippen LogP contribution in [0.2, 0.25) is 0 Å². The van der Waals surface area contributed by atoms with E-state index in [-0.39, 0.29) is 12.2 Å². The maximum absolute atomic E-state index is 7.37. The van der Waals surface area contributed by atoms with E-state index >= 15 is 0 Å². The molecule has 6 aromatic carbocycles. The van der Waals surface area contributed by atoms with Crippen LogP contribution in [0.1, 0.15) is 76.3 Å². The first kappa shape index (κ1) is 41.1. The van der Waals surface area contributed by atoms with Gasteiger partial charge in [-0.3, -0.25) is 0 Å². The van der Waals surface area contributed by atoms with Crippen LogP contribution in [-0.2, 0) is 63.0 Å². The molecule has 9 rings (SSSR count). The van der Waals surface area contributed by atoms with Gasteiger partial charge in [0, 0.05) is 12.0 Å². The van der Waals surface area contributed by atoms with Gasteiger partial charge in [-0.1, -0.05) is 146 Å². The van der Waals surface area contributed by atoms with Gasteiger partial charge in [0.25, 0.3) is 0 Å². The van der Waals surface area contributed by atoms with E-state index in [9.17, 15) is 0 Å². The Bertz CT molecular complexity index is 2280. The van der Waals surface area contributed by atoms with E-state index < -0.39 is 30.5 Å². The summed E-state index contributed by atoms with van der Waals surface area (Å²) >= 11 is 0. The van der Waals surface area contributed by atoms with Crippen molar-refractivity contribution >= 4 is 0 Å². The number of hydrogen-bond donors (Lipinski definition) is 0. The van der Waals surface area contributed by atoms with Gasteiger partial charge in [0.15, 0.2) is 0 Å². The lowest BCUT2D eigenvalue weighted by Gasteiger charge is -2.47. The van der Waals surface area contributed by atoms with Crippen molar-refractivity contribution in [1.82, 2.24) is 0 Å². The van der Waals surface area contributed by atoms with Crippen LogP contribution in [0.3, 0.4) is 0 Å². The monoisotopic (exact) mass is 816 g/mol. The second kappa shape index (κ2) is 19.6. The summed E-state index contributed by atoms with van der Waals surface area (Å²) in [6.45, 7) is 1.83. The highest BCUT2D eigenvalue weighted by Gasteiger charge is 2.50. The molecule has 0 aromatic heterocycles. The molecule has 1 aliphatic carbocycles. The molecule has 2 heterocycles. The van der Waals surface area contributed by atoms with Crippen molar-refractivity contribution in [2.24, 2.45) is 0 Å². The highest BCUT2D eigenvalue weighted by Crippen LogP contribution is 2.46. The highest BCUT2D eigenvalue weighted by atomic mass is 16.6. The SMILES string of the molecule is COc1cccc(C2OC(COCc3ccccc3)C(OCc3ccccc3)C(OCc3ccccc3)C2OCc2ccccc2)c1Cc1ccc2c(c1)CCC1(CCC1)O2. The fraction of sp³-hybridized carbons (Fsp3) is 0.333. The van der Waals surface area contributed by atoms with Crippen molar-refractivity contribution in [1.29, 1.82) is 0 Å². The average Bonchev–Trinajstić information content (AvgIpc) is 3.30. The zero-order valence-electron chi connectivity index (χ0n) is 35.0. The van der Waals surface area contributed by atoms with Gasteiger partial charge in [-0.2, -0.15) is 0 Å². The first-order valence-corrected chi connectivity index (χ1v) is 21.8. The molecule has 1 saturated carbocycles. The van der Waals surface area contributed by atoms with Crippen molar-refractivity contribution in [3.05, 3.63) is 202 Å². The maximum Gasteiger partial charge on any atom is 0.123 e. The van der Waals surface area contributed by atoms with E-state index in [2.05, 4.69) is 72.8 Å². The van der Waals surface area contributed by atoms with Crippen LogP contribution in [0.15, 0.2) is 158 Å². The van der Waals surface area contributed by atoms with Crippen LogP contribution in [0.5, 0.6) is 11.5 Å². The Morgan fingerprint density at radius 3 is 1.70 bits per heavy atom. The van der Waals surface area contributed by atoms with Crippen LogP contribution in [0, 0.1) is 0 Å². The number of benzene rings is 6. The molecule has 6 aromatic rings. The second-order valence-electron chi connectivity index (χ2n) is 16.7. The van der Waals surface area contributed by atoms with Gasteiger partial charge < -0.3 is 33.2 Å².